The van der Waals surface area contributed by atoms with Crippen molar-refractivity contribution in [3.05, 3.63) is 24.0 Å². The molecule has 0 aliphatic rings. The van der Waals surface area contributed by atoms with E-state index in [4.69, 9.17) is 18.9 Å². The third kappa shape index (κ3) is 3.65. The Morgan fingerprint density at radius 1 is 0.826 bits per heavy atom. The maximum absolute atomic E-state index is 5.27. The van der Waals surface area contributed by atoms with Crippen LogP contribution in [0.1, 0.15) is 5.69 Å². The molecule has 0 unspecified atom stereocenters. The van der Waals surface area contributed by atoms with E-state index in [1.165, 1.54) is 21.3 Å². The van der Waals surface area contributed by atoms with Crippen molar-refractivity contribution in [1.29, 1.82) is 0 Å². The molecule has 0 bridgehead atoms. The minimum Gasteiger partial charge on any atom is -0.493 e. The Kier molecular flexibility index (Phi) is 5.29. The van der Waals surface area contributed by atoms with E-state index < -0.39 is 0 Å². The summed E-state index contributed by atoms with van der Waals surface area (Å²) in [5.41, 5.74) is 1.21. The quantitative estimate of drug-likeness (QED) is 0.760. The van der Waals surface area contributed by atoms with E-state index in [0.29, 0.717) is 34.4 Å². The average Bonchev–Trinajstić information content (AvgIpc) is 2.58. The van der Waals surface area contributed by atoms with E-state index >= 15 is 0 Å². The fraction of sp³-hybridized carbons (Fsp3) is 0.333. The third-order valence-corrected chi connectivity index (χ3v) is 3.05. The van der Waals surface area contributed by atoms with Crippen LogP contribution >= 0.6 is 0 Å². The number of hydrogen-bond donors (Lipinski definition) is 0. The van der Waals surface area contributed by atoms with Crippen molar-refractivity contribution in [2.45, 2.75) is 6.92 Å². The molecule has 0 spiro atoms. The topological polar surface area (TPSA) is 87.4 Å². The van der Waals surface area contributed by atoms with Gasteiger partial charge in [0.15, 0.2) is 17.2 Å². The second kappa shape index (κ2) is 7.39. The molecule has 1 aromatic carbocycles. The maximum Gasteiger partial charge on any atom is 0.269 e. The highest BCUT2D eigenvalue weighted by atomic mass is 16.5. The normalized spacial score (nSPS) is 10.7. The lowest BCUT2D eigenvalue weighted by molar-refractivity contribution is 0.324. The van der Waals surface area contributed by atoms with Crippen molar-refractivity contribution in [2.24, 2.45) is 10.2 Å². The van der Waals surface area contributed by atoms with Crippen LogP contribution in [0.3, 0.4) is 0 Å². The van der Waals surface area contributed by atoms with Crippen LogP contribution in [-0.2, 0) is 0 Å². The van der Waals surface area contributed by atoms with Crippen molar-refractivity contribution in [3.63, 3.8) is 0 Å². The van der Waals surface area contributed by atoms with E-state index in [1.54, 1.807) is 32.4 Å². The van der Waals surface area contributed by atoms with Gasteiger partial charge < -0.3 is 18.9 Å². The van der Waals surface area contributed by atoms with Crippen molar-refractivity contribution < 1.29 is 18.9 Å². The number of aryl methyl sites for hydroxylation is 1. The second-order valence-corrected chi connectivity index (χ2v) is 4.41. The molecular formula is C15H18N4O4. The molecule has 122 valence electrons. The number of benzene rings is 1. The molecule has 0 N–H and O–H groups in total. The molecule has 1 heterocycles. The number of ether oxygens (including phenoxy) is 4. The van der Waals surface area contributed by atoms with Crippen molar-refractivity contribution in [1.82, 2.24) is 9.97 Å². The highest BCUT2D eigenvalue weighted by molar-refractivity contribution is 5.60. The lowest BCUT2D eigenvalue weighted by Gasteiger charge is -2.12. The van der Waals surface area contributed by atoms with Gasteiger partial charge in [-0.1, -0.05) is 0 Å². The van der Waals surface area contributed by atoms with Gasteiger partial charge in [0.25, 0.3) is 5.95 Å². The van der Waals surface area contributed by atoms with Gasteiger partial charge in [-0.25, -0.2) is 9.97 Å². The molecule has 0 aliphatic carbocycles. The van der Waals surface area contributed by atoms with Crippen LogP contribution < -0.4 is 18.9 Å². The molecule has 8 heteroatoms. The zero-order valence-electron chi connectivity index (χ0n) is 13.7. The first-order valence-electron chi connectivity index (χ1n) is 6.72. The zero-order chi connectivity index (χ0) is 16.8. The standard InChI is InChI=1S/C15H18N4O4/c1-9-13(22-4)8-16-15(17-9)19-18-10-6-11(20-2)14(23-5)12(7-10)21-3/h6-8H,1-5H3/b19-18+. The molecule has 8 nitrogen and oxygen atoms in total. The summed E-state index contributed by atoms with van der Waals surface area (Å²) in [5.74, 6) is 2.31. The van der Waals surface area contributed by atoms with Gasteiger partial charge in [0.2, 0.25) is 5.75 Å². The smallest absolute Gasteiger partial charge is 0.269 e. The molecule has 23 heavy (non-hydrogen) atoms. The van der Waals surface area contributed by atoms with Crippen LogP contribution in [0.4, 0.5) is 11.6 Å². The Morgan fingerprint density at radius 2 is 1.43 bits per heavy atom. The Bertz CT molecular complexity index is 694. The summed E-state index contributed by atoms with van der Waals surface area (Å²) in [6.07, 6.45) is 1.55. The monoisotopic (exact) mass is 318 g/mol. The summed E-state index contributed by atoms with van der Waals surface area (Å²) >= 11 is 0. The van der Waals surface area contributed by atoms with Crippen LogP contribution in [0.5, 0.6) is 23.0 Å². The van der Waals surface area contributed by atoms with Gasteiger partial charge in [-0.15, -0.1) is 10.2 Å². The molecule has 0 saturated carbocycles. The van der Waals surface area contributed by atoms with Crippen molar-refractivity contribution in [2.75, 3.05) is 28.4 Å². The van der Waals surface area contributed by atoms with Gasteiger partial charge >= 0.3 is 0 Å². The lowest BCUT2D eigenvalue weighted by Crippen LogP contribution is -1.94. The fourth-order valence-corrected chi connectivity index (χ4v) is 1.92. The molecule has 0 atom stereocenters. The van der Waals surface area contributed by atoms with Gasteiger partial charge in [-0.2, -0.15) is 0 Å². The van der Waals surface area contributed by atoms with Crippen LogP contribution in [0.25, 0.3) is 0 Å². The summed E-state index contributed by atoms with van der Waals surface area (Å²) in [7, 11) is 6.17. The highest BCUT2D eigenvalue weighted by Crippen LogP contribution is 2.41. The van der Waals surface area contributed by atoms with Gasteiger partial charge in [0, 0.05) is 12.1 Å². The Balaban J connectivity index is 2.34. The van der Waals surface area contributed by atoms with E-state index in [2.05, 4.69) is 20.2 Å². The predicted octanol–water partition coefficient (Wildman–Crippen LogP) is 3.23. The van der Waals surface area contributed by atoms with E-state index in [9.17, 15) is 0 Å². The van der Waals surface area contributed by atoms with E-state index in [0.717, 1.165) is 0 Å². The first-order chi connectivity index (χ1) is 11.1. The molecule has 0 radical (unpaired) electrons. The van der Waals surface area contributed by atoms with E-state index in [-0.39, 0.29) is 5.95 Å². The first-order valence-corrected chi connectivity index (χ1v) is 6.72. The molecule has 0 fully saturated rings. The Morgan fingerprint density at radius 3 is 1.91 bits per heavy atom. The molecule has 2 rings (SSSR count). The Hall–Kier alpha value is -2.90. The molecule has 0 saturated heterocycles. The summed E-state index contributed by atoms with van der Waals surface area (Å²) in [6.45, 7) is 1.80. The molecule has 0 aliphatic heterocycles. The molecular weight excluding hydrogens is 300 g/mol. The number of aromatic nitrogens is 2. The number of nitrogens with zero attached hydrogens (tertiary/aromatic N) is 4. The predicted molar refractivity (Wildman–Crippen MR) is 83.6 cm³/mol. The average molecular weight is 318 g/mol. The number of methoxy groups -OCH3 is 4. The molecule has 2 aromatic rings. The van der Waals surface area contributed by atoms with Gasteiger partial charge in [0.1, 0.15) is 0 Å². The van der Waals surface area contributed by atoms with Crippen molar-refractivity contribution >= 4 is 11.6 Å². The highest BCUT2D eigenvalue weighted by Gasteiger charge is 2.13. The molecule has 0 amide bonds. The minimum absolute atomic E-state index is 0.233. The van der Waals surface area contributed by atoms with Crippen LogP contribution in [-0.4, -0.2) is 38.4 Å². The third-order valence-electron chi connectivity index (χ3n) is 3.05. The number of rotatable bonds is 6. The van der Waals surface area contributed by atoms with Crippen LogP contribution in [0.15, 0.2) is 28.6 Å². The van der Waals surface area contributed by atoms with Gasteiger partial charge in [-0.3, -0.25) is 0 Å². The molecule has 1 aromatic heterocycles. The number of hydrogen-bond acceptors (Lipinski definition) is 8. The van der Waals surface area contributed by atoms with Crippen LogP contribution in [0.2, 0.25) is 0 Å². The largest absolute Gasteiger partial charge is 0.493 e. The summed E-state index contributed by atoms with van der Waals surface area (Å²) < 4.78 is 20.9. The summed E-state index contributed by atoms with van der Waals surface area (Å²) in [6, 6.07) is 3.36. The second-order valence-electron chi connectivity index (χ2n) is 4.41. The first kappa shape index (κ1) is 16.5. The van der Waals surface area contributed by atoms with Crippen LogP contribution in [0, 0.1) is 6.92 Å². The lowest BCUT2D eigenvalue weighted by atomic mass is 10.2. The maximum atomic E-state index is 5.27. The Labute approximate surface area is 134 Å². The van der Waals surface area contributed by atoms with Crippen molar-refractivity contribution in [3.8, 4) is 23.0 Å². The number of azo groups is 1. The SMILES string of the molecule is COc1cnc(/N=N/c2cc(OC)c(OC)c(OC)c2)nc1C. The minimum atomic E-state index is 0.233. The fourth-order valence-electron chi connectivity index (χ4n) is 1.92. The van der Waals surface area contributed by atoms with Gasteiger partial charge in [0.05, 0.1) is 46.0 Å². The van der Waals surface area contributed by atoms with E-state index in [1.807, 2.05) is 0 Å². The van der Waals surface area contributed by atoms with Gasteiger partial charge in [-0.05, 0) is 6.92 Å². The summed E-state index contributed by atoms with van der Waals surface area (Å²) in [4.78, 5) is 8.25. The summed E-state index contributed by atoms with van der Waals surface area (Å²) in [5, 5.41) is 8.12. The zero-order valence-corrected chi connectivity index (χ0v) is 13.7.